The summed E-state index contributed by atoms with van der Waals surface area (Å²) in [5.41, 5.74) is 0.253. The fourth-order valence-electron chi connectivity index (χ4n) is 2.52. The van der Waals surface area contributed by atoms with Crippen molar-refractivity contribution in [3.05, 3.63) is 12.4 Å². The fourth-order valence-corrected chi connectivity index (χ4v) is 2.52. The third-order valence-corrected chi connectivity index (χ3v) is 3.43. The molecular weight excluding hydrogens is 301 g/mol. The average molecular weight is 320 g/mol. The number of carbonyl (C=O) groups is 1. The highest BCUT2D eigenvalue weighted by Gasteiger charge is 2.28. The molecule has 1 N–H and O–H groups in total. The van der Waals surface area contributed by atoms with E-state index in [2.05, 4.69) is 10.4 Å². The lowest BCUT2D eigenvalue weighted by molar-refractivity contribution is -0.142. The molecule has 0 saturated carbocycles. The average Bonchev–Trinajstić information content (AvgIpc) is 2.84. The van der Waals surface area contributed by atoms with Gasteiger partial charge >= 0.3 is 12.2 Å². The van der Waals surface area contributed by atoms with Gasteiger partial charge in [0, 0.05) is 32.3 Å². The quantitative estimate of drug-likeness (QED) is 0.926. The van der Waals surface area contributed by atoms with E-state index in [9.17, 15) is 18.0 Å². The van der Waals surface area contributed by atoms with Crippen LogP contribution >= 0.6 is 0 Å². The van der Waals surface area contributed by atoms with Gasteiger partial charge in [-0.15, -0.1) is 0 Å². The van der Waals surface area contributed by atoms with Crippen molar-refractivity contribution in [2.75, 3.05) is 32.1 Å². The molecule has 2 rings (SSSR count). The largest absolute Gasteiger partial charge is 0.408 e. The third kappa shape index (κ3) is 4.90. The van der Waals surface area contributed by atoms with Crippen LogP contribution in [0.3, 0.4) is 0 Å². The minimum absolute atomic E-state index is 0.253. The molecule has 2 amide bonds. The molecule has 1 fully saturated rings. The van der Waals surface area contributed by atoms with Crippen molar-refractivity contribution in [3.63, 3.8) is 0 Å². The number of nitrogens with one attached hydrogen (secondary N) is 1. The standard InChI is InChI=1S/C13H19F3N4O2/c1-22-8-10-3-2-4-19(6-10)12(21)18-11-5-17-20(7-11)9-13(14,15)16/h5,7,10H,2-4,6,8-9H2,1H3,(H,18,21)/t10-/m0/s1. The number of hydrogen-bond acceptors (Lipinski definition) is 3. The molecule has 1 aromatic rings. The number of aromatic nitrogens is 2. The Labute approximate surface area is 126 Å². The molecule has 0 spiro atoms. The predicted octanol–water partition coefficient (Wildman–Crippen LogP) is 2.34. The van der Waals surface area contributed by atoms with Gasteiger partial charge in [0.2, 0.25) is 0 Å². The van der Waals surface area contributed by atoms with Crippen LogP contribution in [0.1, 0.15) is 12.8 Å². The molecule has 1 saturated heterocycles. The number of ether oxygens (including phenoxy) is 1. The van der Waals surface area contributed by atoms with Crippen LogP contribution in [0.25, 0.3) is 0 Å². The van der Waals surface area contributed by atoms with Gasteiger partial charge in [0.25, 0.3) is 0 Å². The fraction of sp³-hybridized carbons (Fsp3) is 0.692. The van der Waals surface area contributed by atoms with E-state index in [4.69, 9.17) is 4.74 Å². The summed E-state index contributed by atoms with van der Waals surface area (Å²) in [7, 11) is 1.62. The lowest BCUT2D eigenvalue weighted by Gasteiger charge is -2.32. The first kappa shape index (κ1) is 16.6. The van der Waals surface area contributed by atoms with Gasteiger partial charge in [-0.2, -0.15) is 18.3 Å². The second-order valence-corrected chi connectivity index (χ2v) is 5.38. The highest BCUT2D eigenvalue weighted by Crippen LogP contribution is 2.20. The molecular formula is C13H19F3N4O2. The van der Waals surface area contributed by atoms with Crippen LogP contribution in [-0.2, 0) is 11.3 Å². The van der Waals surface area contributed by atoms with Gasteiger partial charge < -0.3 is 15.0 Å². The highest BCUT2D eigenvalue weighted by molar-refractivity contribution is 5.89. The van der Waals surface area contributed by atoms with Gasteiger partial charge in [-0.25, -0.2) is 4.79 Å². The summed E-state index contributed by atoms with van der Waals surface area (Å²) >= 11 is 0. The number of likely N-dealkylation sites (tertiary alicyclic amines) is 1. The van der Waals surface area contributed by atoms with Crippen molar-refractivity contribution in [1.82, 2.24) is 14.7 Å². The Morgan fingerprint density at radius 2 is 2.32 bits per heavy atom. The second-order valence-electron chi connectivity index (χ2n) is 5.38. The van der Waals surface area contributed by atoms with Gasteiger partial charge in [0.1, 0.15) is 6.54 Å². The van der Waals surface area contributed by atoms with Crippen molar-refractivity contribution < 1.29 is 22.7 Å². The molecule has 1 atom stereocenters. The van der Waals surface area contributed by atoms with Gasteiger partial charge in [-0.3, -0.25) is 4.68 Å². The molecule has 0 radical (unpaired) electrons. The van der Waals surface area contributed by atoms with E-state index in [1.54, 1.807) is 12.0 Å². The van der Waals surface area contributed by atoms with Gasteiger partial charge in [-0.05, 0) is 12.8 Å². The third-order valence-electron chi connectivity index (χ3n) is 3.43. The van der Waals surface area contributed by atoms with E-state index >= 15 is 0 Å². The Balaban J connectivity index is 1.89. The summed E-state index contributed by atoms with van der Waals surface area (Å²) < 4.78 is 42.6. The van der Waals surface area contributed by atoms with Crippen LogP contribution in [0.5, 0.6) is 0 Å². The molecule has 1 aliphatic heterocycles. The number of carbonyl (C=O) groups excluding carboxylic acids is 1. The van der Waals surface area contributed by atoms with E-state index in [1.807, 2.05) is 0 Å². The summed E-state index contributed by atoms with van der Waals surface area (Å²) in [6.07, 6.45) is -0.0777. The van der Waals surface area contributed by atoms with Crippen LogP contribution in [0.15, 0.2) is 12.4 Å². The molecule has 0 aliphatic carbocycles. The topological polar surface area (TPSA) is 59.4 Å². The Kier molecular flexibility index (Phi) is 5.28. The maximum absolute atomic E-state index is 12.3. The highest BCUT2D eigenvalue weighted by atomic mass is 19.4. The van der Waals surface area contributed by atoms with Crippen LogP contribution in [0.2, 0.25) is 0 Å². The molecule has 0 aromatic carbocycles. The lowest BCUT2D eigenvalue weighted by atomic mass is 9.99. The Morgan fingerprint density at radius 3 is 3.00 bits per heavy atom. The number of halogens is 3. The SMILES string of the molecule is COC[C@H]1CCCN(C(=O)Nc2cnn(CC(F)(F)F)c2)C1. The molecule has 2 heterocycles. The predicted molar refractivity (Wildman–Crippen MR) is 73.5 cm³/mol. The maximum atomic E-state index is 12.3. The van der Waals surface area contributed by atoms with E-state index < -0.39 is 12.7 Å². The molecule has 124 valence electrons. The van der Waals surface area contributed by atoms with Crippen LogP contribution < -0.4 is 5.32 Å². The molecule has 22 heavy (non-hydrogen) atoms. The van der Waals surface area contributed by atoms with Gasteiger partial charge in [0.05, 0.1) is 18.5 Å². The zero-order valence-corrected chi connectivity index (χ0v) is 12.3. The molecule has 9 heteroatoms. The zero-order valence-electron chi connectivity index (χ0n) is 12.3. The zero-order chi connectivity index (χ0) is 16.2. The molecule has 1 aromatic heterocycles. The minimum Gasteiger partial charge on any atom is -0.384 e. The maximum Gasteiger partial charge on any atom is 0.408 e. The normalized spacial score (nSPS) is 19.3. The summed E-state index contributed by atoms with van der Waals surface area (Å²) in [6.45, 7) is 0.620. The Hall–Kier alpha value is -1.77. The lowest BCUT2D eigenvalue weighted by Crippen LogP contribution is -2.43. The first-order valence-corrected chi connectivity index (χ1v) is 7.01. The van der Waals surface area contributed by atoms with Crippen LogP contribution in [0, 0.1) is 5.92 Å². The monoisotopic (exact) mass is 320 g/mol. The Morgan fingerprint density at radius 1 is 1.55 bits per heavy atom. The molecule has 1 aliphatic rings. The minimum atomic E-state index is -4.34. The van der Waals surface area contributed by atoms with Crippen LogP contribution in [0.4, 0.5) is 23.7 Å². The van der Waals surface area contributed by atoms with Gasteiger partial charge in [-0.1, -0.05) is 0 Å². The summed E-state index contributed by atoms with van der Waals surface area (Å²) in [6, 6.07) is -0.327. The molecule has 6 nitrogen and oxygen atoms in total. The number of hydrogen-bond donors (Lipinski definition) is 1. The summed E-state index contributed by atoms with van der Waals surface area (Å²) in [5.74, 6) is 0.289. The van der Waals surface area contributed by atoms with Crippen molar-refractivity contribution in [2.24, 2.45) is 5.92 Å². The number of piperidine rings is 1. The van der Waals surface area contributed by atoms with E-state index in [0.29, 0.717) is 19.7 Å². The van der Waals surface area contributed by atoms with Crippen molar-refractivity contribution in [3.8, 4) is 0 Å². The van der Waals surface area contributed by atoms with Gasteiger partial charge in [0.15, 0.2) is 0 Å². The second kappa shape index (κ2) is 6.99. The summed E-state index contributed by atoms with van der Waals surface area (Å²) in [5, 5.41) is 6.16. The summed E-state index contributed by atoms with van der Waals surface area (Å²) in [4.78, 5) is 13.8. The van der Waals surface area contributed by atoms with Crippen molar-refractivity contribution >= 4 is 11.7 Å². The first-order chi connectivity index (χ1) is 10.4. The Bertz CT molecular complexity index is 502. The van der Waals surface area contributed by atoms with Crippen LogP contribution in [-0.4, -0.2) is 53.7 Å². The number of urea groups is 1. The van der Waals surface area contributed by atoms with Crippen molar-refractivity contribution in [2.45, 2.75) is 25.6 Å². The van der Waals surface area contributed by atoms with E-state index in [0.717, 1.165) is 17.5 Å². The molecule has 0 unspecified atom stereocenters. The van der Waals surface area contributed by atoms with E-state index in [1.165, 1.54) is 12.4 Å². The number of amides is 2. The number of nitrogens with zero attached hydrogens (tertiary/aromatic N) is 3. The number of rotatable bonds is 4. The number of alkyl halides is 3. The number of methoxy groups -OCH3 is 1. The first-order valence-electron chi connectivity index (χ1n) is 7.01. The van der Waals surface area contributed by atoms with Crippen molar-refractivity contribution in [1.29, 1.82) is 0 Å². The smallest absolute Gasteiger partial charge is 0.384 e. The number of anilines is 1. The molecule has 0 bridgehead atoms. The van der Waals surface area contributed by atoms with E-state index in [-0.39, 0.29) is 17.6 Å².